The highest BCUT2D eigenvalue weighted by molar-refractivity contribution is 6.26. The topological polar surface area (TPSA) is 57.6 Å². The zero-order valence-electron chi connectivity index (χ0n) is 13.9. The van der Waals surface area contributed by atoms with Crippen LogP contribution < -0.4 is 0 Å². The van der Waals surface area contributed by atoms with E-state index in [9.17, 15) is 9.59 Å². The van der Waals surface area contributed by atoms with Gasteiger partial charge in [0, 0.05) is 27.6 Å². The molecule has 126 valence electrons. The quantitative estimate of drug-likeness (QED) is 0.576. The molecule has 1 aliphatic heterocycles. The monoisotopic (exact) mass is 341 g/mol. The maximum absolute atomic E-state index is 12.7. The van der Waals surface area contributed by atoms with Crippen LogP contribution in [0.3, 0.4) is 0 Å². The van der Waals surface area contributed by atoms with E-state index in [0.717, 1.165) is 21.4 Å². The summed E-state index contributed by atoms with van der Waals surface area (Å²) < 4.78 is 0. The van der Waals surface area contributed by atoms with Crippen LogP contribution in [0, 0.1) is 11.8 Å². The molecule has 26 heavy (non-hydrogen) atoms. The van der Waals surface area contributed by atoms with Crippen molar-refractivity contribution in [3.05, 3.63) is 82.9 Å². The Morgan fingerprint density at radius 2 is 1.54 bits per heavy atom. The third kappa shape index (κ3) is 2.55. The Morgan fingerprint density at radius 1 is 0.808 bits per heavy atom. The van der Waals surface area contributed by atoms with Crippen molar-refractivity contribution >= 4 is 22.6 Å². The fourth-order valence-electron chi connectivity index (χ4n) is 3.22. The second kappa shape index (κ2) is 6.47. The van der Waals surface area contributed by atoms with Crippen LogP contribution in [-0.2, 0) is 0 Å². The molecule has 1 N–H and O–H groups in total. The average Bonchev–Trinajstić information content (AvgIpc) is 2.68. The Balaban J connectivity index is 1.89. The molecule has 0 spiro atoms. The molecule has 1 heterocycles. The molecule has 4 nitrogen and oxygen atoms in total. The summed E-state index contributed by atoms with van der Waals surface area (Å²) in [6.45, 7) is -0.271. The minimum absolute atomic E-state index is 0.0109. The molecule has 0 bridgehead atoms. The summed E-state index contributed by atoms with van der Waals surface area (Å²) in [5.41, 5.74) is 2.60. The molecule has 0 radical (unpaired) electrons. The number of hydrogen-bond donors (Lipinski definition) is 1. The summed E-state index contributed by atoms with van der Waals surface area (Å²) in [4.78, 5) is 26.4. The fraction of sp³-hybridized carbons (Fsp3) is 0.0909. The standard InChI is InChI=1S/C22H15NO3/c24-14-13-23-21(25)18-8-4-7-17-16(10-9-15-5-2-1-3-6-15)11-12-19(20(17)18)22(23)26/h1-8,11-12,24H,13-14H2. The van der Waals surface area contributed by atoms with Gasteiger partial charge in [0.2, 0.25) is 0 Å². The Bertz CT molecular complexity index is 1070. The van der Waals surface area contributed by atoms with Gasteiger partial charge in [-0.15, -0.1) is 0 Å². The molecular weight excluding hydrogens is 326 g/mol. The average molecular weight is 341 g/mol. The second-order valence-electron chi connectivity index (χ2n) is 5.99. The number of amides is 2. The third-order valence-electron chi connectivity index (χ3n) is 4.43. The first-order valence-corrected chi connectivity index (χ1v) is 8.30. The van der Waals surface area contributed by atoms with Crippen LogP contribution >= 0.6 is 0 Å². The number of imide groups is 1. The molecule has 1 aliphatic rings. The number of benzene rings is 3. The summed E-state index contributed by atoms with van der Waals surface area (Å²) >= 11 is 0. The number of β-amino-alcohol motifs (C(OH)–C–C–N with tert-alkyl or cyclic N) is 1. The van der Waals surface area contributed by atoms with Gasteiger partial charge < -0.3 is 5.11 Å². The molecule has 3 aromatic rings. The molecule has 0 saturated carbocycles. The number of aliphatic hydroxyl groups excluding tert-OH is 1. The summed E-state index contributed by atoms with van der Waals surface area (Å²) in [5, 5.41) is 10.6. The van der Waals surface area contributed by atoms with E-state index in [2.05, 4.69) is 11.8 Å². The van der Waals surface area contributed by atoms with E-state index in [1.807, 2.05) is 42.5 Å². The number of carbonyl (C=O) groups excluding carboxylic acids is 2. The third-order valence-corrected chi connectivity index (χ3v) is 4.43. The van der Waals surface area contributed by atoms with Gasteiger partial charge in [-0.1, -0.05) is 42.2 Å². The molecule has 3 aromatic carbocycles. The predicted octanol–water partition coefficient (Wildman–Crippen LogP) is 2.83. The van der Waals surface area contributed by atoms with Gasteiger partial charge in [0.1, 0.15) is 0 Å². The van der Waals surface area contributed by atoms with E-state index in [1.54, 1.807) is 18.2 Å². The number of aliphatic hydroxyl groups is 1. The smallest absolute Gasteiger partial charge is 0.261 e. The lowest BCUT2D eigenvalue weighted by Gasteiger charge is -2.26. The summed E-state index contributed by atoms with van der Waals surface area (Å²) in [6, 6.07) is 18.5. The fourth-order valence-corrected chi connectivity index (χ4v) is 3.22. The minimum Gasteiger partial charge on any atom is -0.395 e. The molecule has 0 fully saturated rings. The van der Waals surface area contributed by atoms with Crippen molar-refractivity contribution in [2.75, 3.05) is 13.2 Å². The van der Waals surface area contributed by atoms with Gasteiger partial charge in [-0.25, -0.2) is 0 Å². The summed E-state index contributed by atoms with van der Waals surface area (Å²) in [7, 11) is 0. The normalized spacial score (nSPS) is 12.9. The van der Waals surface area contributed by atoms with Gasteiger partial charge in [0.05, 0.1) is 13.2 Å². The van der Waals surface area contributed by atoms with Crippen molar-refractivity contribution in [2.24, 2.45) is 0 Å². The van der Waals surface area contributed by atoms with E-state index < -0.39 is 0 Å². The Morgan fingerprint density at radius 3 is 2.27 bits per heavy atom. The van der Waals surface area contributed by atoms with Crippen LogP contribution in [0.25, 0.3) is 10.8 Å². The van der Waals surface area contributed by atoms with Crippen LogP contribution in [-0.4, -0.2) is 35.0 Å². The van der Waals surface area contributed by atoms with E-state index in [1.165, 1.54) is 0 Å². The molecule has 4 heteroatoms. The lowest BCUT2D eigenvalue weighted by Crippen LogP contribution is -2.41. The SMILES string of the molecule is O=C1c2cccc3c(C#Cc4ccccc4)ccc(c23)C(=O)N1CCO. The van der Waals surface area contributed by atoms with Gasteiger partial charge in [-0.05, 0) is 35.7 Å². The second-order valence-corrected chi connectivity index (χ2v) is 5.99. The molecule has 0 aromatic heterocycles. The van der Waals surface area contributed by atoms with Gasteiger partial charge in [-0.2, -0.15) is 0 Å². The number of carbonyl (C=O) groups is 2. The Kier molecular flexibility index (Phi) is 4.00. The Labute approximate surface area is 150 Å². The van der Waals surface area contributed by atoms with E-state index in [0.29, 0.717) is 16.5 Å². The predicted molar refractivity (Wildman–Crippen MR) is 98.8 cm³/mol. The first kappa shape index (κ1) is 16.1. The molecule has 0 atom stereocenters. The van der Waals surface area contributed by atoms with Gasteiger partial charge in [0.15, 0.2) is 0 Å². The zero-order chi connectivity index (χ0) is 18.1. The number of hydrogen-bond acceptors (Lipinski definition) is 3. The molecular formula is C22H15NO3. The highest BCUT2D eigenvalue weighted by Crippen LogP contribution is 2.31. The van der Waals surface area contributed by atoms with E-state index in [-0.39, 0.29) is 25.0 Å². The molecule has 0 saturated heterocycles. The van der Waals surface area contributed by atoms with Crippen molar-refractivity contribution in [1.29, 1.82) is 0 Å². The van der Waals surface area contributed by atoms with Crippen molar-refractivity contribution in [3.8, 4) is 11.8 Å². The maximum Gasteiger partial charge on any atom is 0.261 e. The van der Waals surface area contributed by atoms with Crippen LogP contribution in [0.4, 0.5) is 0 Å². The maximum atomic E-state index is 12.7. The zero-order valence-corrected chi connectivity index (χ0v) is 13.9. The first-order valence-electron chi connectivity index (χ1n) is 8.30. The van der Waals surface area contributed by atoms with Crippen molar-refractivity contribution in [2.45, 2.75) is 0 Å². The van der Waals surface area contributed by atoms with Gasteiger partial charge in [0.25, 0.3) is 11.8 Å². The van der Waals surface area contributed by atoms with Crippen LogP contribution in [0.5, 0.6) is 0 Å². The molecule has 0 unspecified atom stereocenters. The molecule has 0 aliphatic carbocycles. The van der Waals surface area contributed by atoms with Gasteiger partial charge >= 0.3 is 0 Å². The highest BCUT2D eigenvalue weighted by Gasteiger charge is 2.32. The van der Waals surface area contributed by atoms with Crippen molar-refractivity contribution in [1.82, 2.24) is 4.90 Å². The van der Waals surface area contributed by atoms with Crippen LogP contribution in [0.2, 0.25) is 0 Å². The Hall–Kier alpha value is -3.42. The first-order chi connectivity index (χ1) is 12.7. The number of rotatable bonds is 2. The largest absolute Gasteiger partial charge is 0.395 e. The van der Waals surface area contributed by atoms with Gasteiger partial charge in [-0.3, -0.25) is 14.5 Å². The van der Waals surface area contributed by atoms with Crippen molar-refractivity contribution in [3.63, 3.8) is 0 Å². The van der Waals surface area contributed by atoms with E-state index in [4.69, 9.17) is 5.11 Å². The summed E-state index contributed by atoms with van der Waals surface area (Å²) in [5.74, 6) is 5.50. The highest BCUT2D eigenvalue weighted by atomic mass is 16.3. The lowest BCUT2D eigenvalue weighted by molar-refractivity contribution is 0.0580. The van der Waals surface area contributed by atoms with E-state index >= 15 is 0 Å². The molecule has 2 amide bonds. The van der Waals surface area contributed by atoms with Crippen LogP contribution in [0.15, 0.2) is 60.7 Å². The van der Waals surface area contributed by atoms with Crippen LogP contribution in [0.1, 0.15) is 31.8 Å². The summed E-state index contributed by atoms with van der Waals surface area (Å²) in [6.07, 6.45) is 0. The minimum atomic E-state index is -0.379. The number of nitrogens with zero attached hydrogens (tertiary/aromatic N) is 1. The molecule has 4 rings (SSSR count). The lowest BCUT2D eigenvalue weighted by atomic mass is 9.91. The van der Waals surface area contributed by atoms with Crippen molar-refractivity contribution < 1.29 is 14.7 Å².